The number of hydrogen-bond acceptors (Lipinski definition) is 5. The lowest BCUT2D eigenvalue weighted by molar-refractivity contribution is 0.192. The summed E-state index contributed by atoms with van der Waals surface area (Å²) in [4.78, 5) is 0. The normalized spacial score (nSPS) is 21.0. The van der Waals surface area contributed by atoms with Crippen LogP contribution in [-0.4, -0.2) is 40.0 Å². The molecule has 2 heterocycles. The van der Waals surface area contributed by atoms with Gasteiger partial charge in [0.25, 0.3) is 0 Å². The van der Waals surface area contributed by atoms with Crippen molar-refractivity contribution in [3.05, 3.63) is 5.82 Å². The zero-order valence-electron chi connectivity index (χ0n) is 8.80. The highest BCUT2D eigenvalue weighted by Crippen LogP contribution is 2.22. The number of nitrogens with two attached hydrogens (primary N) is 1. The van der Waals surface area contributed by atoms with E-state index in [1.807, 2.05) is 4.68 Å². The van der Waals surface area contributed by atoms with Gasteiger partial charge in [-0.25, -0.2) is 4.68 Å². The minimum atomic E-state index is 0.373. The van der Waals surface area contributed by atoms with Crippen molar-refractivity contribution in [2.45, 2.75) is 31.7 Å². The molecule has 6 heteroatoms. The Morgan fingerprint density at radius 3 is 3.13 bits per heavy atom. The second-order valence-electron chi connectivity index (χ2n) is 3.82. The van der Waals surface area contributed by atoms with E-state index in [0.717, 1.165) is 51.4 Å². The Morgan fingerprint density at radius 2 is 2.40 bits per heavy atom. The summed E-state index contributed by atoms with van der Waals surface area (Å²) in [6.07, 6.45) is 3.07. The molecule has 2 N–H and O–H groups in total. The van der Waals surface area contributed by atoms with Crippen LogP contribution >= 0.6 is 0 Å². The highest BCUT2D eigenvalue weighted by atomic mass is 16.5. The number of tetrazole rings is 1. The lowest BCUT2D eigenvalue weighted by Crippen LogP contribution is -2.12. The summed E-state index contributed by atoms with van der Waals surface area (Å²) in [6.45, 7) is 3.15. The highest BCUT2D eigenvalue weighted by molar-refractivity contribution is 4.95. The molecule has 0 saturated carbocycles. The summed E-state index contributed by atoms with van der Waals surface area (Å²) in [5.74, 6) is 1.34. The van der Waals surface area contributed by atoms with Crippen LogP contribution in [0.1, 0.15) is 31.0 Å². The molecule has 1 atom stereocenters. The summed E-state index contributed by atoms with van der Waals surface area (Å²) < 4.78 is 7.22. The third kappa shape index (κ3) is 2.51. The molecular weight excluding hydrogens is 194 g/mol. The number of hydrogen-bond donors (Lipinski definition) is 1. The van der Waals surface area contributed by atoms with Gasteiger partial charge < -0.3 is 10.5 Å². The Morgan fingerprint density at radius 1 is 1.47 bits per heavy atom. The van der Waals surface area contributed by atoms with Gasteiger partial charge in [0, 0.05) is 19.1 Å². The first-order valence-corrected chi connectivity index (χ1v) is 5.45. The van der Waals surface area contributed by atoms with E-state index in [-0.39, 0.29) is 0 Å². The monoisotopic (exact) mass is 211 g/mol. The first-order chi connectivity index (χ1) is 7.42. The van der Waals surface area contributed by atoms with Crippen LogP contribution in [0.5, 0.6) is 0 Å². The molecule has 1 saturated heterocycles. The summed E-state index contributed by atoms with van der Waals surface area (Å²) >= 11 is 0. The Kier molecular flexibility index (Phi) is 3.63. The van der Waals surface area contributed by atoms with E-state index in [0.29, 0.717) is 5.92 Å². The molecule has 1 aliphatic heterocycles. The first-order valence-electron chi connectivity index (χ1n) is 5.45. The van der Waals surface area contributed by atoms with Crippen molar-refractivity contribution in [2.75, 3.05) is 19.8 Å². The lowest BCUT2D eigenvalue weighted by atomic mass is 10.1. The predicted molar refractivity (Wildman–Crippen MR) is 54.3 cm³/mol. The van der Waals surface area contributed by atoms with E-state index in [9.17, 15) is 0 Å². The van der Waals surface area contributed by atoms with Crippen LogP contribution in [0, 0.1) is 0 Å². The maximum atomic E-state index is 5.45. The van der Waals surface area contributed by atoms with Crippen molar-refractivity contribution in [1.29, 1.82) is 0 Å². The zero-order chi connectivity index (χ0) is 10.5. The van der Waals surface area contributed by atoms with Gasteiger partial charge in [0.2, 0.25) is 0 Å². The van der Waals surface area contributed by atoms with E-state index in [1.165, 1.54) is 0 Å². The Bertz CT molecular complexity index is 294. The van der Waals surface area contributed by atoms with E-state index in [4.69, 9.17) is 10.5 Å². The van der Waals surface area contributed by atoms with E-state index in [1.54, 1.807) is 0 Å². The highest BCUT2D eigenvalue weighted by Gasteiger charge is 2.23. The molecule has 0 aromatic carbocycles. The quantitative estimate of drug-likeness (QED) is 0.689. The summed E-state index contributed by atoms with van der Waals surface area (Å²) in [5.41, 5.74) is 5.45. The average molecular weight is 211 g/mol. The standard InChI is InChI=1S/C9H17N5O/c10-4-1-2-5-14-9(11-12-13-14)8-3-6-15-7-8/h8H,1-7,10H2. The molecular formula is C9H17N5O. The van der Waals surface area contributed by atoms with E-state index in [2.05, 4.69) is 15.5 Å². The number of ether oxygens (including phenoxy) is 1. The number of aromatic nitrogens is 4. The minimum absolute atomic E-state index is 0.373. The van der Waals surface area contributed by atoms with Crippen LogP contribution < -0.4 is 5.73 Å². The van der Waals surface area contributed by atoms with Crippen LogP contribution in [-0.2, 0) is 11.3 Å². The maximum Gasteiger partial charge on any atom is 0.156 e. The smallest absolute Gasteiger partial charge is 0.156 e. The molecule has 2 rings (SSSR count). The van der Waals surface area contributed by atoms with Gasteiger partial charge >= 0.3 is 0 Å². The molecule has 1 fully saturated rings. The summed E-state index contributed by atoms with van der Waals surface area (Å²) in [6, 6.07) is 0. The zero-order valence-corrected chi connectivity index (χ0v) is 8.80. The van der Waals surface area contributed by atoms with Crippen LogP contribution in [0.3, 0.4) is 0 Å². The molecule has 1 aliphatic rings. The topological polar surface area (TPSA) is 78.9 Å². The van der Waals surface area contributed by atoms with Crippen molar-refractivity contribution >= 4 is 0 Å². The molecule has 84 valence electrons. The third-order valence-corrected chi connectivity index (χ3v) is 2.68. The summed E-state index contributed by atoms with van der Waals surface area (Å²) in [5, 5.41) is 11.8. The fourth-order valence-corrected chi connectivity index (χ4v) is 1.81. The van der Waals surface area contributed by atoms with Gasteiger partial charge in [-0.3, -0.25) is 0 Å². The van der Waals surface area contributed by atoms with Gasteiger partial charge in [-0.15, -0.1) is 5.10 Å². The molecule has 6 nitrogen and oxygen atoms in total. The minimum Gasteiger partial charge on any atom is -0.381 e. The van der Waals surface area contributed by atoms with Gasteiger partial charge in [-0.1, -0.05) is 0 Å². The van der Waals surface area contributed by atoms with Gasteiger partial charge in [-0.2, -0.15) is 0 Å². The molecule has 1 aromatic heterocycles. The maximum absolute atomic E-state index is 5.45. The third-order valence-electron chi connectivity index (χ3n) is 2.68. The molecule has 0 radical (unpaired) electrons. The number of unbranched alkanes of at least 4 members (excludes halogenated alkanes) is 1. The fraction of sp³-hybridized carbons (Fsp3) is 0.889. The number of nitrogens with zero attached hydrogens (tertiary/aromatic N) is 4. The number of aryl methyl sites for hydroxylation is 1. The van der Waals surface area contributed by atoms with Crippen LogP contribution in [0.15, 0.2) is 0 Å². The number of rotatable bonds is 5. The van der Waals surface area contributed by atoms with Crippen LogP contribution in [0.4, 0.5) is 0 Å². The van der Waals surface area contributed by atoms with Gasteiger partial charge in [0.1, 0.15) is 0 Å². The second-order valence-corrected chi connectivity index (χ2v) is 3.82. The Balaban J connectivity index is 1.95. The lowest BCUT2D eigenvalue weighted by Gasteiger charge is -2.07. The van der Waals surface area contributed by atoms with Gasteiger partial charge in [0.05, 0.1) is 6.61 Å². The molecule has 1 aromatic rings. The fourth-order valence-electron chi connectivity index (χ4n) is 1.81. The van der Waals surface area contributed by atoms with Gasteiger partial charge in [-0.05, 0) is 36.2 Å². The van der Waals surface area contributed by atoms with Crippen molar-refractivity contribution in [1.82, 2.24) is 20.2 Å². The largest absolute Gasteiger partial charge is 0.381 e. The van der Waals surface area contributed by atoms with Crippen molar-refractivity contribution in [3.63, 3.8) is 0 Å². The summed E-state index contributed by atoms with van der Waals surface area (Å²) in [7, 11) is 0. The Hall–Kier alpha value is -1.01. The molecule has 0 aliphatic carbocycles. The van der Waals surface area contributed by atoms with Crippen molar-refractivity contribution in [2.24, 2.45) is 5.73 Å². The SMILES string of the molecule is NCCCCn1nnnc1C1CCOC1. The van der Waals surface area contributed by atoms with E-state index >= 15 is 0 Å². The van der Waals surface area contributed by atoms with Crippen LogP contribution in [0.2, 0.25) is 0 Å². The van der Waals surface area contributed by atoms with E-state index < -0.39 is 0 Å². The molecule has 15 heavy (non-hydrogen) atoms. The average Bonchev–Trinajstić information content (AvgIpc) is 2.87. The van der Waals surface area contributed by atoms with Crippen molar-refractivity contribution < 1.29 is 4.74 Å². The molecule has 0 spiro atoms. The predicted octanol–water partition coefficient (Wildman–Crippen LogP) is -0.0841. The Labute approximate surface area is 88.8 Å². The van der Waals surface area contributed by atoms with Crippen LogP contribution in [0.25, 0.3) is 0 Å². The van der Waals surface area contributed by atoms with Crippen molar-refractivity contribution in [3.8, 4) is 0 Å². The molecule has 0 bridgehead atoms. The van der Waals surface area contributed by atoms with Gasteiger partial charge in [0.15, 0.2) is 5.82 Å². The first kappa shape index (κ1) is 10.5. The molecule has 1 unspecified atom stereocenters. The molecule has 0 amide bonds. The second kappa shape index (κ2) is 5.18.